The number of hydrogen-bond donors (Lipinski definition) is 2. The van der Waals surface area contributed by atoms with Crippen molar-refractivity contribution in [2.45, 2.75) is 79.0 Å². The van der Waals surface area contributed by atoms with Gasteiger partial charge in [-0.1, -0.05) is 45.0 Å². The molecule has 0 aromatic heterocycles. The second kappa shape index (κ2) is 13.8. The Kier molecular flexibility index (Phi) is 11.2. The number of methoxy groups -OCH3 is 1. The molecule has 0 radical (unpaired) electrons. The third-order valence-corrected chi connectivity index (χ3v) is 5.84. The lowest BCUT2D eigenvalue weighted by atomic mass is 9.96. The predicted molar refractivity (Wildman–Crippen MR) is 150 cm³/mol. The van der Waals surface area contributed by atoms with Crippen LogP contribution in [0.3, 0.4) is 0 Å². The van der Waals surface area contributed by atoms with E-state index in [0.29, 0.717) is 30.8 Å². The van der Waals surface area contributed by atoms with Crippen molar-refractivity contribution in [3.05, 3.63) is 59.7 Å². The summed E-state index contributed by atoms with van der Waals surface area (Å²) in [7, 11) is 1.58. The summed E-state index contributed by atoms with van der Waals surface area (Å²) in [6.07, 6.45) is 0.368. The van der Waals surface area contributed by atoms with Crippen molar-refractivity contribution in [3.63, 3.8) is 0 Å². The van der Waals surface area contributed by atoms with E-state index in [0.717, 1.165) is 11.1 Å². The van der Waals surface area contributed by atoms with Gasteiger partial charge in [-0.25, -0.2) is 4.79 Å². The Hall–Kier alpha value is -3.55. The molecular formula is C30H43N3O5. The number of ether oxygens (including phenoxy) is 2. The summed E-state index contributed by atoms with van der Waals surface area (Å²) in [4.78, 5) is 42.2. The van der Waals surface area contributed by atoms with Gasteiger partial charge in [0, 0.05) is 12.2 Å². The van der Waals surface area contributed by atoms with Crippen molar-refractivity contribution < 1.29 is 23.9 Å². The van der Waals surface area contributed by atoms with Gasteiger partial charge in [0.1, 0.15) is 23.4 Å². The third kappa shape index (κ3) is 9.08. The van der Waals surface area contributed by atoms with E-state index >= 15 is 0 Å². The lowest BCUT2D eigenvalue weighted by molar-refractivity contribution is -0.141. The van der Waals surface area contributed by atoms with E-state index in [1.54, 1.807) is 57.0 Å². The van der Waals surface area contributed by atoms with Gasteiger partial charge in [0.15, 0.2) is 0 Å². The van der Waals surface area contributed by atoms with Gasteiger partial charge in [-0.05, 0) is 81.8 Å². The van der Waals surface area contributed by atoms with E-state index in [9.17, 15) is 14.4 Å². The average Bonchev–Trinajstić information content (AvgIpc) is 2.83. The lowest BCUT2D eigenvalue weighted by Gasteiger charge is -2.35. The van der Waals surface area contributed by atoms with E-state index < -0.39 is 23.8 Å². The van der Waals surface area contributed by atoms with Crippen LogP contribution in [0.25, 0.3) is 0 Å². The molecule has 0 saturated carbocycles. The van der Waals surface area contributed by atoms with Crippen molar-refractivity contribution >= 4 is 23.6 Å². The number of amides is 3. The van der Waals surface area contributed by atoms with Crippen LogP contribution in [-0.4, -0.2) is 48.1 Å². The van der Waals surface area contributed by atoms with Crippen LogP contribution >= 0.6 is 0 Å². The van der Waals surface area contributed by atoms with E-state index in [-0.39, 0.29) is 17.7 Å². The number of carbonyl (C=O) groups excluding carboxylic acids is 3. The fourth-order valence-corrected chi connectivity index (χ4v) is 4.18. The van der Waals surface area contributed by atoms with Gasteiger partial charge in [-0.3, -0.25) is 9.59 Å². The third-order valence-electron chi connectivity index (χ3n) is 5.84. The summed E-state index contributed by atoms with van der Waals surface area (Å²) in [5.41, 5.74) is 1.49. The Morgan fingerprint density at radius 2 is 1.63 bits per heavy atom. The van der Waals surface area contributed by atoms with E-state index in [4.69, 9.17) is 9.47 Å². The number of benzene rings is 2. The minimum Gasteiger partial charge on any atom is -0.497 e. The highest BCUT2D eigenvalue weighted by atomic mass is 16.6. The lowest BCUT2D eigenvalue weighted by Crippen LogP contribution is -2.53. The highest BCUT2D eigenvalue weighted by Gasteiger charge is 2.36. The molecule has 0 spiro atoms. The fraction of sp³-hybridized carbons (Fsp3) is 0.500. The number of hydrogen-bond acceptors (Lipinski definition) is 5. The van der Waals surface area contributed by atoms with E-state index in [2.05, 4.69) is 10.6 Å². The Labute approximate surface area is 227 Å². The summed E-state index contributed by atoms with van der Waals surface area (Å²) in [6, 6.07) is 12.8. The molecule has 0 aliphatic carbocycles. The molecule has 0 aliphatic heterocycles. The Morgan fingerprint density at radius 1 is 1.00 bits per heavy atom. The van der Waals surface area contributed by atoms with Crippen LogP contribution < -0.4 is 15.4 Å². The monoisotopic (exact) mass is 525 g/mol. The number of anilines is 1. The van der Waals surface area contributed by atoms with Crippen molar-refractivity contribution in [1.29, 1.82) is 0 Å². The number of nitrogens with zero attached hydrogens (tertiary/aromatic N) is 1. The topological polar surface area (TPSA) is 97.0 Å². The van der Waals surface area contributed by atoms with Gasteiger partial charge >= 0.3 is 6.09 Å². The highest BCUT2D eigenvalue weighted by molar-refractivity contribution is 5.99. The van der Waals surface area contributed by atoms with Crippen molar-refractivity contribution in [1.82, 2.24) is 10.2 Å². The Balaban J connectivity index is 2.49. The summed E-state index contributed by atoms with van der Waals surface area (Å²) >= 11 is 0. The first-order chi connectivity index (χ1) is 17.9. The second-order valence-corrected chi connectivity index (χ2v) is 10.8. The van der Waals surface area contributed by atoms with Gasteiger partial charge < -0.3 is 25.0 Å². The number of alkyl carbamates (subject to hydrolysis) is 1. The Morgan fingerprint density at radius 3 is 2.16 bits per heavy atom. The molecule has 208 valence electrons. The number of aryl methyl sites for hydroxylation is 1. The SMILES string of the molecule is CCCN(C(=O)C(CC(C)C)NC(=O)OC(C)(C)C)C(C(=O)Nc1ccc(OC)cc1)c1ccccc1C. The molecule has 3 amide bonds. The first-order valence-electron chi connectivity index (χ1n) is 13.2. The number of carbonyl (C=O) groups is 3. The first kappa shape index (κ1) is 30.7. The van der Waals surface area contributed by atoms with Crippen LogP contribution in [0.5, 0.6) is 5.75 Å². The maximum absolute atomic E-state index is 14.1. The molecule has 38 heavy (non-hydrogen) atoms. The molecule has 0 bridgehead atoms. The van der Waals surface area contributed by atoms with Gasteiger partial charge in [-0.2, -0.15) is 0 Å². The summed E-state index contributed by atoms with van der Waals surface area (Å²) < 4.78 is 10.7. The van der Waals surface area contributed by atoms with Crippen molar-refractivity contribution in [2.24, 2.45) is 5.92 Å². The first-order valence-corrected chi connectivity index (χ1v) is 13.2. The molecule has 8 nitrogen and oxygen atoms in total. The van der Waals surface area contributed by atoms with Gasteiger partial charge in [-0.15, -0.1) is 0 Å². The van der Waals surface area contributed by atoms with Crippen LogP contribution in [0.15, 0.2) is 48.5 Å². The molecule has 0 fully saturated rings. The maximum Gasteiger partial charge on any atom is 0.408 e. The minimum absolute atomic E-state index is 0.118. The molecular weight excluding hydrogens is 482 g/mol. The molecule has 8 heteroatoms. The Bertz CT molecular complexity index is 1080. The predicted octanol–water partition coefficient (Wildman–Crippen LogP) is 5.86. The molecule has 2 rings (SSSR count). The van der Waals surface area contributed by atoms with Gasteiger partial charge in [0.05, 0.1) is 7.11 Å². The quantitative estimate of drug-likeness (QED) is 0.383. The normalized spacial score (nSPS) is 12.9. The average molecular weight is 526 g/mol. The molecule has 2 N–H and O–H groups in total. The second-order valence-electron chi connectivity index (χ2n) is 10.8. The van der Waals surface area contributed by atoms with Crippen LogP contribution in [0.4, 0.5) is 10.5 Å². The van der Waals surface area contributed by atoms with Gasteiger partial charge in [0.2, 0.25) is 5.91 Å². The van der Waals surface area contributed by atoms with Crippen LogP contribution in [0, 0.1) is 12.8 Å². The van der Waals surface area contributed by atoms with Crippen molar-refractivity contribution in [3.8, 4) is 5.75 Å². The fourth-order valence-electron chi connectivity index (χ4n) is 4.18. The van der Waals surface area contributed by atoms with E-state index in [1.807, 2.05) is 52.0 Å². The van der Waals surface area contributed by atoms with Crippen LogP contribution in [0.2, 0.25) is 0 Å². The zero-order chi connectivity index (χ0) is 28.5. The summed E-state index contributed by atoms with van der Waals surface area (Å²) in [5, 5.41) is 5.73. The van der Waals surface area contributed by atoms with Crippen molar-refractivity contribution in [2.75, 3.05) is 19.0 Å². The molecule has 2 atom stereocenters. The smallest absolute Gasteiger partial charge is 0.408 e. The maximum atomic E-state index is 14.1. The molecule has 2 aromatic rings. The molecule has 2 unspecified atom stereocenters. The molecule has 0 saturated heterocycles. The zero-order valence-corrected chi connectivity index (χ0v) is 24.0. The van der Waals surface area contributed by atoms with E-state index in [1.165, 1.54) is 0 Å². The molecule has 2 aromatic carbocycles. The number of nitrogens with one attached hydrogen (secondary N) is 2. The largest absolute Gasteiger partial charge is 0.497 e. The molecule has 0 aliphatic rings. The summed E-state index contributed by atoms with van der Waals surface area (Å²) in [6.45, 7) is 13.5. The van der Waals surface area contributed by atoms with Crippen LogP contribution in [-0.2, 0) is 14.3 Å². The minimum atomic E-state index is -0.902. The summed E-state index contributed by atoms with van der Waals surface area (Å²) in [5.74, 6) is 0.120. The molecule has 0 heterocycles. The highest BCUT2D eigenvalue weighted by Crippen LogP contribution is 2.28. The standard InChI is InChI=1S/C30H43N3O5/c1-9-18-33(28(35)25(19-20(2)3)32-29(36)38-30(5,6)7)26(24-13-11-10-12-21(24)4)27(34)31-22-14-16-23(37-8)17-15-22/h10-17,20,25-26H,9,18-19H2,1-8H3,(H,31,34)(H,32,36). The zero-order valence-electron chi connectivity index (χ0n) is 24.0. The van der Waals surface area contributed by atoms with Gasteiger partial charge in [0.25, 0.3) is 5.91 Å². The number of rotatable bonds is 11. The van der Waals surface area contributed by atoms with Crippen LogP contribution in [0.1, 0.15) is 71.6 Å².